The number of carbonyl (C=O) groups is 2. The zero-order valence-electron chi connectivity index (χ0n) is 11.5. The van der Waals surface area contributed by atoms with Crippen LogP contribution in [0.4, 0.5) is 0 Å². The van der Waals surface area contributed by atoms with Crippen molar-refractivity contribution in [3.63, 3.8) is 0 Å². The smallest absolute Gasteiger partial charge is 0.311 e. The topological polar surface area (TPSA) is 46.6 Å². The molecule has 3 rings (SSSR count). The summed E-state index contributed by atoms with van der Waals surface area (Å²) in [4.78, 5) is 25.9. The van der Waals surface area contributed by atoms with Gasteiger partial charge >= 0.3 is 5.97 Å². The van der Waals surface area contributed by atoms with Crippen LogP contribution in [0.3, 0.4) is 0 Å². The minimum Gasteiger partial charge on any atom is -0.461 e. The average molecular weight is 273 g/mol. The van der Waals surface area contributed by atoms with Crippen molar-refractivity contribution >= 4 is 11.9 Å². The largest absolute Gasteiger partial charge is 0.461 e. The van der Waals surface area contributed by atoms with E-state index in [0.29, 0.717) is 19.4 Å². The summed E-state index contributed by atoms with van der Waals surface area (Å²) in [5.41, 5.74) is 0.996. The molecule has 0 unspecified atom stereocenters. The summed E-state index contributed by atoms with van der Waals surface area (Å²) in [6.45, 7) is 1.11. The molecule has 0 saturated carbocycles. The van der Waals surface area contributed by atoms with Crippen LogP contribution < -0.4 is 0 Å². The Bertz CT molecular complexity index is 500. The monoisotopic (exact) mass is 273 g/mol. The first-order chi connectivity index (χ1) is 9.75. The Hall–Kier alpha value is -1.84. The molecule has 4 nitrogen and oxygen atoms in total. The number of benzene rings is 1. The summed E-state index contributed by atoms with van der Waals surface area (Å²) < 4.78 is 5.43. The lowest BCUT2D eigenvalue weighted by Crippen LogP contribution is -2.47. The van der Waals surface area contributed by atoms with Gasteiger partial charge in [0.1, 0.15) is 6.61 Å². The van der Waals surface area contributed by atoms with Crippen LogP contribution >= 0.6 is 0 Å². The summed E-state index contributed by atoms with van der Waals surface area (Å²) in [5.74, 6) is -0.100. The van der Waals surface area contributed by atoms with Crippen molar-refractivity contribution in [3.05, 3.63) is 35.9 Å². The molecule has 4 heteroatoms. The second kappa shape index (κ2) is 5.65. The Morgan fingerprint density at radius 3 is 2.85 bits per heavy atom. The zero-order valence-corrected chi connectivity index (χ0v) is 11.5. The van der Waals surface area contributed by atoms with Gasteiger partial charge in [0, 0.05) is 19.0 Å². The van der Waals surface area contributed by atoms with E-state index in [9.17, 15) is 9.59 Å². The number of piperidine rings is 1. The van der Waals surface area contributed by atoms with Crippen LogP contribution in [0, 0.1) is 5.92 Å². The van der Waals surface area contributed by atoms with Gasteiger partial charge in [-0.25, -0.2) is 0 Å². The van der Waals surface area contributed by atoms with Gasteiger partial charge in [-0.3, -0.25) is 9.59 Å². The van der Waals surface area contributed by atoms with Crippen LogP contribution in [0.1, 0.15) is 31.2 Å². The molecule has 1 aromatic rings. The Labute approximate surface area is 118 Å². The highest BCUT2D eigenvalue weighted by Crippen LogP contribution is 2.33. The van der Waals surface area contributed by atoms with Gasteiger partial charge < -0.3 is 9.64 Å². The van der Waals surface area contributed by atoms with Crippen LogP contribution in [-0.2, 0) is 20.9 Å². The van der Waals surface area contributed by atoms with Crippen LogP contribution in [0.15, 0.2) is 30.3 Å². The van der Waals surface area contributed by atoms with E-state index in [1.807, 2.05) is 35.2 Å². The molecule has 0 N–H and O–H groups in total. The number of nitrogens with zero attached hydrogens (tertiary/aromatic N) is 1. The van der Waals surface area contributed by atoms with Crippen molar-refractivity contribution < 1.29 is 14.3 Å². The fourth-order valence-corrected chi connectivity index (χ4v) is 3.25. The van der Waals surface area contributed by atoms with Crippen molar-refractivity contribution in [2.24, 2.45) is 5.92 Å². The molecule has 106 valence electrons. The molecule has 0 bridgehead atoms. The molecule has 1 amide bonds. The second-order valence-electron chi connectivity index (χ2n) is 5.54. The van der Waals surface area contributed by atoms with Gasteiger partial charge in [0.2, 0.25) is 5.91 Å². The lowest BCUT2D eigenvalue weighted by molar-refractivity contribution is -0.156. The number of fused-ring (bicyclic) bond motifs is 1. The molecule has 2 heterocycles. The lowest BCUT2D eigenvalue weighted by atomic mass is 9.89. The summed E-state index contributed by atoms with van der Waals surface area (Å²) in [6.07, 6.45) is 3.03. The number of hydrogen-bond donors (Lipinski definition) is 0. The fraction of sp³-hybridized carbons (Fsp3) is 0.500. The molecule has 2 fully saturated rings. The van der Waals surface area contributed by atoms with Crippen molar-refractivity contribution in [1.29, 1.82) is 0 Å². The standard InChI is InChI=1S/C16H19NO3/c18-15-9-8-13(14-7-4-10-17(14)15)16(19)20-11-12-5-2-1-3-6-12/h1-3,5-6,13-14H,4,7-11H2/t13-,14+/m0/s1. The molecule has 2 saturated heterocycles. The normalized spacial score (nSPS) is 25.4. The number of esters is 1. The fourth-order valence-electron chi connectivity index (χ4n) is 3.25. The summed E-state index contributed by atoms with van der Waals surface area (Å²) in [6, 6.07) is 9.76. The molecule has 0 aliphatic carbocycles. The van der Waals surface area contributed by atoms with Gasteiger partial charge in [-0.05, 0) is 24.8 Å². The van der Waals surface area contributed by atoms with Crippen LogP contribution in [0.2, 0.25) is 0 Å². The maximum Gasteiger partial charge on any atom is 0.311 e. The van der Waals surface area contributed by atoms with Gasteiger partial charge in [-0.15, -0.1) is 0 Å². The summed E-state index contributed by atoms with van der Waals surface area (Å²) in [7, 11) is 0. The lowest BCUT2D eigenvalue weighted by Gasteiger charge is -2.35. The summed E-state index contributed by atoms with van der Waals surface area (Å²) in [5, 5.41) is 0. The van der Waals surface area contributed by atoms with Gasteiger partial charge in [-0.1, -0.05) is 30.3 Å². The van der Waals surface area contributed by atoms with E-state index in [0.717, 1.165) is 24.9 Å². The van der Waals surface area contributed by atoms with Crippen molar-refractivity contribution in [1.82, 2.24) is 4.90 Å². The molecule has 2 aliphatic rings. The number of hydrogen-bond acceptors (Lipinski definition) is 3. The van der Waals surface area contributed by atoms with E-state index >= 15 is 0 Å². The predicted molar refractivity (Wildman–Crippen MR) is 73.7 cm³/mol. The Morgan fingerprint density at radius 2 is 2.05 bits per heavy atom. The molecule has 0 spiro atoms. The van der Waals surface area contributed by atoms with Gasteiger partial charge in [0.05, 0.1) is 5.92 Å². The number of ether oxygens (including phenoxy) is 1. The second-order valence-corrected chi connectivity index (χ2v) is 5.54. The third-order valence-electron chi connectivity index (χ3n) is 4.28. The Balaban J connectivity index is 1.61. The van der Waals surface area contributed by atoms with Crippen LogP contribution in [0.5, 0.6) is 0 Å². The first kappa shape index (κ1) is 13.2. The zero-order chi connectivity index (χ0) is 13.9. The predicted octanol–water partition coefficient (Wildman–Crippen LogP) is 2.13. The van der Waals surface area contributed by atoms with Gasteiger partial charge in [0.15, 0.2) is 0 Å². The van der Waals surface area contributed by atoms with Gasteiger partial charge in [0.25, 0.3) is 0 Å². The number of carbonyl (C=O) groups excluding carboxylic acids is 2. The highest BCUT2D eigenvalue weighted by molar-refractivity contribution is 5.82. The molecular weight excluding hydrogens is 254 g/mol. The van der Waals surface area contributed by atoms with E-state index in [-0.39, 0.29) is 23.8 Å². The Kier molecular flexibility index (Phi) is 3.72. The SMILES string of the molecule is O=C(OCc1ccccc1)[C@H]1CCC(=O)N2CCC[C@H]12. The van der Waals surface area contributed by atoms with Crippen LogP contribution in [-0.4, -0.2) is 29.4 Å². The van der Waals surface area contributed by atoms with Crippen molar-refractivity contribution in [2.45, 2.75) is 38.3 Å². The van der Waals surface area contributed by atoms with E-state index in [1.165, 1.54) is 0 Å². The molecule has 2 aliphatic heterocycles. The first-order valence-electron chi connectivity index (χ1n) is 7.26. The quantitative estimate of drug-likeness (QED) is 0.793. The van der Waals surface area contributed by atoms with E-state index in [1.54, 1.807) is 0 Å². The highest BCUT2D eigenvalue weighted by Gasteiger charge is 2.42. The van der Waals surface area contributed by atoms with Crippen molar-refractivity contribution in [3.8, 4) is 0 Å². The molecule has 20 heavy (non-hydrogen) atoms. The maximum atomic E-state index is 12.3. The molecule has 0 aromatic heterocycles. The van der Waals surface area contributed by atoms with E-state index in [4.69, 9.17) is 4.74 Å². The molecule has 0 radical (unpaired) electrons. The molecule has 2 atom stereocenters. The van der Waals surface area contributed by atoms with Crippen molar-refractivity contribution in [2.75, 3.05) is 6.54 Å². The average Bonchev–Trinajstić information content (AvgIpc) is 2.96. The van der Waals surface area contributed by atoms with E-state index in [2.05, 4.69) is 0 Å². The van der Waals surface area contributed by atoms with Gasteiger partial charge in [-0.2, -0.15) is 0 Å². The van der Waals surface area contributed by atoms with Crippen LogP contribution in [0.25, 0.3) is 0 Å². The Morgan fingerprint density at radius 1 is 1.25 bits per heavy atom. The molecular formula is C16H19NO3. The third-order valence-corrected chi connectivity index (χ3v) is 4.28. The maximum absolute atomic E-state index is 12.3. The number of rotatable bonds is 3. The summed E-state index contributed by atoms with van der Waals surface area (Å²) >= 11 is 0. The van der Waals surface area contributed by atoms with E-state index < -0.39 is 0 Å². The highest BCUT2D eigenvalue weighted by atomic mass is 16.5. The minimum absolute atomic E-state index is 0.0690. The first-order valence-corrected chi connectivity index (χ1v) is 7.26. The molecule has 1 aromatic carbocycles. The number of amides is 1. The third kappa shape index (κ3) is 2.55. The minimum atomic E-state index is -0.154.